The number of hydrogen-bond acceptors (Lipinski definition) is 4. The Morgan fingerprint density at radius 3 is 2.33 bits per heavy atom. The fourth-order valence-electron chi connectivity index (χ4n) is 2.87. The van der Waals surface area contributed by atoms with Gasteiger partial charge in [-0.25, -0.2) is 0 Å². The molecule has 7 nitrogen and oxygen atoms in total. The molecule has 27 heavy (non-hydrogen) atoms. The van der Waals surface area contributed by atoms with E-state index in [4.69, 9.17) is 11.6 Å². The third kappa shape index (κ3) is 4.86. The van der Waals surface area contributed by atoms with E-state index in [1.165, 1.54) is 10.2 Å². The van der Waals surface area contributed by atoms with E-state index in [-0.39, 0.29) is 23.5 Å². The zero-order valence-corrected chi connectivity index (χ0v) is 16.8. The third-order valence-electron chi connectivity index (χ3n) is 4.85. The van der Waals surface area contributed by atoms with Crippen LogP contribution in [0.4, 0.5) is 5.82 Å². The Kier molecular flexibility index (Phi) is 6.96. The summed E-state index contributed by atoms with van der Waals surface area (Å²) in [5.41, 5.74) is 2.69. The Hall–Kier alpha value is -2.41. The van der Waals surface area contributed by atoms with Crippen molar-refractivity contribution in [3.05, 3.63) is 56.2 Å². The van der Waals surface area contributed by atoms with Gasteiger partial charge in [-0.1, -0.05) is 56.6 Å². The van der Waals surface area contributed by atoms with Crippen molar-refractivity contribution in [2.24, 2.45) is 0 Å². The molecule has 0 fully saturated rings. The first-order chi connectivity index (χ1) is 12.8. The van der Waals surface area contributed by atoms with Crippen molar-refractivity contribution in [1.82, 2.24) is 15.1 Å². The van der Waals surface area contributed by atoms with Crippen LogP contribution < -0.4 is 5.32 Å². The normalized spacial score (nSPS) is 13.2. The molecule has 2 unspecified atom stereocenters. The number of nitro groups is 1. The van der Waals surface area contributed by atoms with Gasteiger partial charge in [-0.3, -0.25) is 4.79 Å². The summed E-state index contributed by atoms with van der Waals surface area (Å²) in [6, 6.07) is 8.14. The number of carbonyl (C=O) groups is 1. The van der Waals surface area contributed by atoms with E-state index in [0.29, 0.717) is 11.6 Å². The van der Waals surface area contributed by atoms with E-state index in [2.05, 4.69) is 36.4 Å². The van der Waals surface area contributed by atoms with Gasteiger partial charge in [0.05, 0.1) is 16.8 Å². The first-order valence-corrected chi connectivity index (χ1v) is 9.42. The van der Waals surface area contributed by atoms with Gasteiger partial charge in [0.15, 0.2) is 5.02 Å². The minimum absolute atomic E-state index is 0.0412. The highest BCUT2D eigenvalue weighted by Gasteiger charge is 2.25. The topological polar surface area (TPSA) is 90.1 Å². The van der Waals surface area contributed by atoms with Gasteiger partial charge in [-0.15, -0.1) is 0 Å². The van der Waals surface area contributed by atoms with Crippen LogP contribution in [0.1, 0.15) is 62.4 Å². The third-order valence-corrected chi connectivity index (χ3v) is 5.29. The molecule has 0 aliphatic heterocycles. The number of nitrogens with zero attached hydrogens (tertiary/aromatic N) is 3. The van der Waals surface area contributed by atoms with Crippen LogP contribution in [0.25, 0.3) is 0 Å². The van der Waals surface area contributed by atoms with Gasteiger partial charge in [0.1, 0.15) is 6.54 Å². The molecule has 1 aromatic heterocycles. The Morgan fingerprint density at radius 2 is 1.85 bits per heavy atom. The summed E-state index contributed by atoms with van der Waals surface area (Å²) in [7, 11) is 0. The van der Waals surface area contributed by atoms with Crippen LogP contribution in [0.3, 0.4) is 0 Å². The van der Waals surface area contributed by atoms with Gasteiger partial charge in [0.2, 0.25) is 5.91 Å². The van der Waals surface area contributed by atoms with E-state index in [1.54, 1.807) is 6.92 Å². The monoisotopic (exact) mass is 392 g/mol. The molecule has 2 rings (SSSR count). The first-order valence-electron chi connectivity index (χ1n) is 9.04. The molecule has 0 bridgehead atoms. The van der Waals surface area contributed by atoms with Crippen molar-refractivity contribution in [2.45, 2.75) is 59.0 Å². The van der Waals surface area contributed by atoms with Crippen molar-refractivity contribution in [1.29, 1.82) is 0 Å². The lowest BCUT2D eigenvalue weighted by atomic mass is 9.95. The summed E-state index contributed by atoms with van der Waals surface area (Å²) in [6.07, 6.45) is 1.80. The van der Waals surface area contributed by atoms with Gasteiger partial charge in [0.25, 0.3) is 0 Å². The summed E-state index contributed by atoms with van der Waals surface area (Å²) in [4.78, 5) is 22.7. The van der Waals surface area contributed by atoms with Crippen molar-refractivity contribution in [2.75, 3.05) is 0 Å². The van der Waals surface area contributed by atoms with Gasteiger partial charge < -0.3 is 15.4 Å². The number of halogens is 1. The number of nitrogens with one attached hydrogen (secondary N) is 1. The van der Waals surface area contributed by atoms with Crippen LogP contribution >= 0.6 is 11.6 Å². The van der Waals surface area contributed by atoms with Crippen LogP contribution in [0, 0.1) is 17.0 Å². The van der Waals surface area contributed by atoms with Gasteiger partial charge in [-0.2, -0.15) is 4.68 Å². The summed E-state index contributed by atoms with van der Waals surface area (Å²) in [6.45, 7) is 7.81. The zero-order chi connectivity index (χ0) is 20.1. The quantitative estimate of drug-likeness (QED) is 0.527. The maximum absolute atomic E-state index is 12.4. The molecule has 0 aliphatic carbocycles. The molecule has 1 amide bonds. The van der Waals surface area contributed by atoms with Crippen LogP contribution in [0.5, 0.6) is 0 Å². The molecule has 0 saturated heterocycles. The summed E-state index contributed by atoms with van der Waals surface area (Å²) < 4.78 is 1.26. The Labute approximate surface area is 163 Å². The lowest BCUT2D eigenvalue weighted by molar-refractivity contribution is -0.389. The average molecular weight is 393 g/mol. The molecule has 146 valence electrons. The number of amides is 1. The molecule has 0 aliphatic rings. The van der Waals surface area contributed by atoms with Crippen molar-refractivity contribution < 1.29 is 9.72 Å². The molecule has 0 spiro atoms. The van der Waals surface area contributed by atoms with Crippen molar-refractivity contribution >= 4 is 23.3 Å². The number of rotatable bonds is 8. The highest BCUT2D eigenvalue weighted by atomic mass is 35.5. The Bertz CT molecular complexity index is 817. The maximum Gasteiger partial charge on any atom is 0.408 e. The van der Waals surface area contributed by atoms with E-state index < -0.39 is 10.7 Å². The second kappa shape index (κ2) is 8.99. The predicted octanol–water partition coefficient (Wildman–Crippen LogP) is 4.53. The van der Waals surface area contributed by atoms with Crippen LogP contribution in [0.2, 0.25) is 5.02 Å². The first kappa shape index (κ1) is 20.9. The zero-order valence-electron chi connectivity index (χ0n) is 16.0. The largest absolute Gasteiger partial charge is 0.408 e. The minimum Gasteiger partial charge on any atom is -0.358 e. The average Bonchev–Trinajstić information content (AvgIpc) is 2.94. The molecule has 2 aromatic rings. The molecule has 0 saturated carbocycles. The lowest BCUT2D eigenvalue weighted by Crippen LogP contribution is -2.31. The highest BCUT2D eigenvalue weighted by molar-refractivity contribution is 6.33. The molecule has 1 heterocycles. The number of benzene rings is 1. The standard InChI is InChI=1S/C19H25ClN4O3/c1-5-12(3)14-7-9-15(10-8-14)16(6-2)21-17(25)11-23-13(4)18(20)19(22-23)24(26)27/h7-10,12,16H,5-6,11H2,1-4H3,(H,21,25). The van der Waals surface area contributed by atoms with Crippen LogP contribution in [-0.2, 0) is 11.3 Å². The Balaban J connectivity index is 2.09. The molecular formula is C19H25ClN4O3. The summed E-state index contributed by atoms with van der Waals surface area (Å²) in [5, 5.41) is 17.7. The SMILES string of the molecule is CCC(C)c1ccc(C(CC)NC(=O)Cn2nc([N+](=O)[O-])c(Cl)c2C)cc1. The molecule has 1 N–H and O–H groups in total. The Morgan fingerprint density at radius 1 is 1.26 bits per heavy atom. The number of hydrogen-bond donors (Lipinski definition) is 1. The molecule has 1 aromatic carbocycles. The second-order valence-electron chi connectivity index (χ2n) is 6.64. The molecular weight excluding hydrogens is 368 g/mol. The highest BCUT2D eigenvalue weighted by Crippen LogP contribution is 2.26. The fraction of sp³-hybridized carbons (Fsp3) is 0.474. The van der Waals surface area contributed by atoms with E-state index >= 15 is 0 Å². The predicted molar refractivity (Wildman–Crippen MR) is 105 cm³/mol. The lowest BCUT2D eigenvalue weighted by Gasteiger charge is -2.18. The van der Waals surface area contributed by atoms with Crippen LogP contribution in [-0.4, -0.2) is 20.6 Å². The van der Waals surface area contributed by atoms with Crippen molar-refractivity contribution in [3.63, 3.8) is 0 Å². The fourth-order valence-corrected chi connectivity index (χ4v) is 3.07. The van der Waals surface area contributed by atoms with Gasteiger partial charge in [-0.05, 0) is 41.7 Å². The van der Waals surface area contributed by atoms with E-state index in [0.717, 1.165) is 18.4 Å². The smallest absolute Gasteiger partial charge is 0.358 e. The second-order valence-corrected chi connectivity index (χ2v) is 7.02. The minimum atomic E-state index is -0.655. The van der Waals surface area contributed by atoms with E-state index in [1.807, 2.05) is 19.1 Å². The van der Waals surface area contributed by atoms with Gasteiger partial charge in [0, 0.05) is 0 Å². The maximum atomic E-state index is 12.4. The number of aromatic nitrogens is 2. The number of carbonyl (C=O) groups excluding carboxylic acids is 1. The molecule has 0 radical (unpaired) electrons. The van der Waals surface area contributed by atoms with Crippen LogP contribution in [0.15, 0.2) is 24.3 Å². The summed E-state index contributed by atoms with van der Waals surface area (Å²) >= 11 is 5.92. The van der Waals surface area contributed by atoms with E-state index in [9.17, 15) is 14.9 Å². The molecule has 2 atom stereocenters. The summed E-state index contributed by atoms with van der Waals surface area (Å²) in [5.74, 6) is -0.211. The molecule has 8 heteroatoms. The van der Waals surface area contributed by atoms with Gasteiger partial charge >= 0.3 is 5.82 Å². The van der Waals surface area contributed by atoms with Crippen molar-refractivity contribution in [3.8, 4) is 0 Å².